The van der Waals surface area contributed by atoms with Crippen molar-refractivity contribution in [1.29, 1.82) is 0 Å². The van der Waals surface area contributed by atoms with Crippen LogP contribution in [0.1, 0.15) is 29.2 Å². The molecule has 1 saturated heterocycles. The zero-order valence-corrected chi connectivity index (χ0v) is 16.8. The van der Waals surface area contributed by atoms with Gasteiger partial charge in [-0.3, -0.25) is 14.6 Å². The molecular weight excluding hydrogens is 334 g/mol. The van der Waals surface area contributed by atoms with Gasteiger partial charge in [-0.05, 0) is 43.0 Å². The Hall–Kier alpha value is -2.17. The van der Waals surface area contributed by atoms with Gasteiger partial charge < -0.3 is 5.32 Å². The van der Waals surface area contributed by atoms with Crippen LogP contribution in [0.3, 0.4) is 0 Å². The summed E-state index contributed by atoms with van der Waals surface area (Å²) < 4.78 is 0. The van der Waals surface area contributed by atoms with Gasteiger partial charge in [0.2, 0.25) is 5.91 Å². The van der Waals surface area contributed by atoms with E-state index in [0.717, 1.165) is 44.8 Å². The first-order valence-electron chi connectivity index (χ1n) is 9.93. The Morgan fingerprint density at radius 2 is 1.67 bits per heavy atom. The molecule has 0 bridgehead atoms. The third-order valence-corrected chi connectivity index (χ3v) is 5.40. The zero-order chi connectivity index (χ0) is 19.2. The molecule has 3 rings (SSSR count). The molecule has 0 saturated carbocycles. The number of hydrogen-bond donors (Lipinski definition) is 1. The molecule has 4 nitrogen and oxygen atoms in total. The molecule has 1 N–H and O–H groups in total. The highest BCUT2D eigenvalue weighted by atomic mass is 16.2. The maximum atomic E-state index is 12.4. The van der Waals surface area contributed by atoms with Gasteiger partial charge in [0.15, 0.2) is 0 Å². The molecule has 0 radical (unpaired) electrons. The summed E-state index contributed by atoms with van der Waals surface area (Å²) >= 11 is 0. The van der Waals surface area contributed by atoms with Crippen LogP contribution in [-0.2, 0) is 17.8 Å². The van der Waals surface area contributed by atoms with Gasteiger partial charge in [0.1, 0.15) is 0 Å². The highest BCUT2D eigenvalue weighted by Gasteiger charge is 2.19. The number of aryl methyl sites for hydroxylation is 3. The molecule has 0 aromatic heterocycles. The molecule has 2 aromatic rings. The lowest BCUT2D eigenvalue weighted by Crippen LogP contribution is -2.48. The molecule has 1 fully saturated rings. The number of amides is 1. The number of carbonyl (C=O) groups is 1. The molecule has 0 unspecified atom stereocenters. The number of nitrogens with zero attached hydrogens (tertiary/aromatic N) is 2. The lowest BCUT2D eigenvalue weighted by Gasteiger charge is -2.34. The van der Waals surface area contributed by atoms with Crippen LogP contribution in [-0.4, -0.2) is 48.4 Å². The average Bonchev–Trinajstić information content (AvgIpc) is 2.66. The standard InChI is InChI=1S/C23H31N3O/c1-4-20-7-5-6-8-22(20)24-23(27)17-26-13-11-25(12-14-26)16-21-15-18(2)9-10-19(21)3/h5-10,15H,4,11-14,16-17H2,1-3H3,(H,24,27). The Kier molecular flexibility index (Phi) is 6.64. The average molecular weight is 366 g/mol. The summed E-state index contributed by atoms with van der Waals surface area (Å²) in [4.78, 5) is 17.2. The summed E-state index contributed by atoms with van der Waals surface area (Å²) in [5.74, 6) is 0.0823. The van der Waals surface area contributed by atoms with E-state index in [2.05, 4.69) is 60.2 Å². The second-order valence-electron chi connectivity index (χ2n) is 7.54. The first kappa shape index (κ1) is 19.6. The summed E-state index contributed by atoms with van der Waals surface area (Å²) in [7, 11) is 0. The summed E-state index contributed by atoms with van der Waals surface area (Å²) in [6.07, 6.45) is 0.924. The van der Waals surface area contributed by atoms with Gasteiger partial charge in [0.25, 0.3) is 0 Å². The number of piperazine rings is 1. The van der Waals surface area contributed by atoms with Crippen molar-refractivity contribution < 1.29 is 4.79 Å². The van der Waals surface area contributed by atoms with Crippen molar-refractivity contribution >= 4 is 11.6 Å². The fraction of sp³-hybridized carbons (Fsp3) is 0.435. The van der Waals surface area contributed by atoms with E-state index < -0.39 is 0 Å². The van der Waals surface area contributed by atoms with Gasteiger partial charge in [-0.15, -0.1) is 0 Å². The normalized spacial score (nSPS) is 15.7. The van der Waals surface area contributed by atoms with Crippen LogP contribution in [0.15, 0.2) is 42.5 Å². The molecule has 27 heavy (non-hydrogen) atoms. The number of para-hydroxylation sites is 1. The topological polar surface area (TPSA) is 35.6 Å². The third-order valence-electron chi connectivity index (χ3n) is 5.40. The van der Waals surface area contributed by atoms with E-state index in [1.807, 2.05) is 18.2 Å². The molecule has 0 aliphatic carbocycles. The van der Waals surface area contributed by atoms with Gasteiger partial charge in [-0.25, -0.2) is 0 Å². The minimum atomic E-state index is 0.0823. The van der Waals surface area contributed by atoms with Gasteiger partial charge in [-0.1, -0.05) is 48.9 Å². The number of carbonyl (C=O) groups excluding carboxylic acids is 1. The van der Waals surface area contributed by atoms with Crippen molar-refractivity contribution in [3.63, 3.8) is 0 Å². The molecule has 0 atom stereocenters. The number of rotatable bonds is 6. The summed E-state index contributed by atoms with van der Waals surface area (Å²) in [5, 5.41) is 3.08. The van der Waals surface area contributed by atoms with Gasteiger partial charge in [-0.2, -0.15) is 0 Å². The second kappa shape index (κ2) is 9.16. The highest BCUT2D eigenvalue weighted by molar-refractivity contribution is 5.93. The predicted molar refractivity (Wildman–Crippen MR) is 112 cm³/mol. The van der Waals surface area contributed by atoms with Crippen LogP contribution in [0.4, 0.5) is 5.69 Å². The molecule has 1 aliphatic heterocycles. The quantitative estimate of drug-likeness (QED) is 0.849. The molecule has 4 heteroatoms. The Bertz CT molecular complexity index is 779. The van der Waals surface area contributed by atoms with Gasteiger partial charge in [0, 0.05) is 38.4 Å². The van der Waals surface area contributed by atoms with Crippen LogP contribution in [0.5, 0.6) is 0 Å². The lowest BCUT2D eigenvalue weighted by atomic mass is 10.0. The first-order chi connectivity index (χ1) is 13.0. The Morgan fingerprint density at radius 1 is 0.963 bits per heavy atom. The van der Waals surface area contributed by atoms with Crippen molar-refractivity contribution in [3.8, 4) is 0 Å². The maximum absolute atomic E-state index is 12.4. The summed E-state index contributed by atoms with van der Waals surface area (Å²) in [6.45, 7) is 11.8. The van der Waals surface area contributed by atoms with E-state index in [0.29, 0.717) is 6.54 Å². The number of anilines is 1. The smallest absolute Gasteiger partial charge is 0.238 e. The van der Waals surface area contributed by atoms with E-state index in [1.165, 1.54) is 22.3 Å². The van der Waals surface area contributed by atoms with Crippen LogP contribution >= 0.6 is 0 Å². The SMILES string of the molecule is CCc1ccccc1NC(=O)CN1CCN(Cc2cc(C)ccc2C)CC1. The first-order valence-corrected chi connectivity index (χ1v) is 9.93. The molecule has 1 amide bonds. The summed E-state index contributed by atoms with van der Waals surface area (Å²) in [5.41, 5.74) is 6.22. The Morgan fingerprint density at radius 3 is 2.41 bits per heavy atom. The van der Waals surface area contributed by atoms with Gasteiger partial charge in [0.05, 0.1) is 6.54 Å². The van der Waals surface area contributed by atoms with E-state index in [4.69, 9.17) is 0 Å². The Labute approximate surface area is 163 Å². The molecule has 0 spiro atoms. The number of nitrogens with one attached hydrogen (secondary N) is 1. The summed E-state index contributed by atoms with van der Waals surface area (Å²) in [6, 6.07) is 14.7. The van der Waals surface area contributed by atoms with Crippen LogP contribution in [0.2, 0.25) is 0 Å². The van der Waals surface area contributed by atoms with Crippen molar-refractivity contribution in [2.75, 3.05) is 38.0 Å². The minimum Gasteiger partial charge on any atom is -0.325 e. The largest absolute Gasteiger partial charge is 0.325 e. The van der Waals surface area contributed by atoms with E-state index in [1.54, 1.807) is 0 Å². The minimum absolute atomic E-state index is 0.0823. The maximum Gasteiger partial charge on any atom is 0.238 e. The number of hydrogen-bond acceptors (Lipinski definition) is 3. The number of benzene rings is 2. The van der Waals surface area contributed by atoms with Crippen molar-refractivity contribution in [2.45, 2.75) is 33.7 Å². The van der Waals surface area contributed by atoms with Crippen molar-refractivity contribution in [2.24, 2.45) is 0 Å². The van der Waals surface area contributed by atoms with Gasteiger partial charge >= 0.3 is 0 Å². The fourth-order valence-corrected chi connectivity index (χ4v) is 3.66. The van der Waals surface area contributed by atoms with Crippen LogP contribution in [0.25, 0.3) is 0 Å². The monoisotopic (exact) mass is 365 g/mol. The molecule has 2 aromatic carbocycles. The van der Waals surface area contributed by atoms with Crippen LogP contribution in [0, 0.1) is 13.8 Å². The lowest BCUT2D eigenvalue weighted by molar-refractivity contribution is -0.117. The highest BCUT2D eigenvalue weighted by Crippen LogP contribution is 2.16. The fourth-order valence-electron chi connectivity index (χ4n) is 3.66. The van der Waals surface area contributed by atoms with E-state index >= 15 is 0 Å². The van der Waals surface area contributed by atoms with E-state index in [9.17, 15) is 4.79 Å². The Balaban J connectivity index is 1.48. The van der Waals surface area contributed by atoms with Crippen LogP contribution < -0.4 is 5.32 Å². The molecule has 1 heterocycles. The second-order valence-corrected chi connectivity index (χ2v) is 7.54. The zero-order valence-electron chi connectivity index (χ0n) is 16.8. The van der Waals surface area contributed by atoms with Crippen molar-refractivity contribution in [1.82, 2.24) is 9.80 Å². The van der Waals surface area contributed by atoms with Crippen molar-refractivity contribution in [3.05, 3.63) is 64.7 Å². The molecular formula is C23H31N3O. The molecule has 1 aliphatic rings. The predicted octanol–water partition coefficient (Wildman–Crippen LogP) is 3.62. The van der Waals surface area contributed by atoms with E-state index in [-0.39, 0.29) is 5.91 Å². The molecule has 144 valence electrons. The third kappa shape index (κ3) is 5.41.